The number of carboxylic acid groups (broad SMARTS) is 1. The van der Waals surface area contributed by atoms with Gasteiger partial charge in [0, 0.05) is 24.4 Å². The van der Waals surface area contributed by atoms with Crippen LogP contribution in [-0.4, -0.2) is 20.6 Å². The number of H-pyrrole nitrogens is 1. The Kier molecular flexibility index (Phi) is 6.70. The monoisotopic (exact) mass is 392 g/mol. The molecule has 3 rings (SSSR count). The summed E-state index contributed by atoms with van der Waals surface area (Å²) < 4.78 is 1.88. The third kappa shape index (κ3) is 4.67. The van der Waals surface area contributed by atoms with Gasteiger partial charge in [0.2, 0.25) is 0 Å². The molecule has 0 radical (unpaired) electrons. The van der Waals surface area contributed by atoms with Crippen LogP contribution in [-0.2, 0) is 19.4 Å². The van der Waals surface area contributed by atoms with Gasteiger partial charge in [-0.25, -0.2) is 9.59 Å². The number of aromatic amines is 1. The predicted molar refractivity (Wildman–Crippen MR) is 116 cm³/mol. The standard InChI is InChI=1S/C24H28N2O3/c1-3-5-15-26-22(21(8-4-2)25-24(26)29)16-17-11-13-18(14-12-17)19-9-6-7-10-20(19)23(27)28/h6-7,9-14H,3-5,8,15-16H2,1-2H3,(H,25,29)(H,27,28). The Morgan fingerprint density at radius 1 is 1.03 bits per heavy atom. The number of carboxylic acids is 1. The van der Waals surface area contributed by atoms with E-state index < -0.39 is 5.97 Å². The Morgan fingerprint density at radius 3 is 2.41 bits per heavy atom. The zero-order valence-electron chi connectivity index (χ0n) is 17.1. The van der Waals surface area contributed by atoms with Crippen molar-refractivity contribution in [3.8, 4) is 11.1 Å². The summed E-state index contributed by atoms with van der Waals surface area (Å²) in [7, 11) is 0. The number of aryl methyl sites for hydroxylation is 1. The zero-order chi connectivity index (χ0) is 20.8. The number of hydrogen-bond donors (Lipinski definition) is 2. The Bertz CT molecular complexity index is 1030. The molecule has 0 aliphatic rings. The van der Waals surface area contributed by atoms with E-state index in [9.17, 15) is 14.7 Å². The van der Waals surface area contributed by atoms with Crippen LogP contribution in [0.3, 0.4) is 0 Å². The van der Waals surface area contributed by atoms with E-state index in [2.05, 4.69) is 18.8 Å². The van der Waals surface area contributed by atoms with E-state index in [0.717, 1.165) is 54.7 Å². The van der Waals surface area contributed by atoms with E-state index in [4.69, 9.17) is 0 Å². The molecule has 0 atom stereocenters. The molecule has 5 heteroatoms. The van der Waals surface area contributed by atoms with Crippen LogP contribution in [0.25, 0.3) is 11.1 Å². The normalized spacial score (nSPS) is 11.0. The molecular weight excluding hydrogens is 364 g/mol. The maximum absolute atomic E-state index is 12.4. The van der Waals surface area contributed by atoms with Crippen LogP contribution < -0.4 is 5.69 Å². The molecule has 1 aromatic heterocycles. The third-order valence-electron chi connectivity index (χ3n) is 5.21. The van der Waals surface area contributed by atoms with Crippen LogP contribution >= 0.6 is 0 Å². The third-order valence-corrected chi connectivity index (χ3v) is 5.21. The first kappa shape index (κ1) is 20.6. The second-order valence-electron chi connectivity index (χ2n) is 7.34. The van der Waals surface area contributed by atoms with Gasteiger partial charge in [-0.05, 0) is 35.6 Å². The van der Waals surface area contributed by atoms with Gasteiger partial charge in [-0.2, -0.15) is 0 Å². The molecule has 0 bridgehead atoms. The molecule has 0 spiro atoms. The molecule has 29 heavy (non-hydrogen) atoms. The second-order valence-corrected chi connectivity index (χ2v) is 7.34. The Hall–Kier alpha value is -3.08. The molecule has 152 valence electrons. The molecule has 0 fully saturated rings. The fraction of sp³-hybridized carbons (Fsp3) is 0.333. The van der Waals surface area contributed by atoms with Crippen LogP contribution in [0.15, 0.2) is 53.3 Å². The zero-order valence-corrected chi connectivity index (χ0v) is 17.1. The number of benzene rings is 2. The van der Waals surface area contributed by atoms with E-state index in [1.54, 1.807) is 12.1 Å². The molecule has 3 aromatic rings. The Balaban J connectivity index is 1.91. The maximum Gasteiger partial charge on any atom is 0.336 e. The first-order valence-corrected chi connectivity index (χ1v) is 10.3. The highest BCUT2D eigenvalue weighted by Gasteiger charge is 2.15. The van der Waals surface area contributed by atoms with Gasteiger partial charge in [-0.15, -0.1) is 0 Å². The van der Waals surface area contributed by atoms with Crippen molar-refractivity contribution in [2.45, 2.75) is 52.5 Å². The van der Waals surface area contributed by atoms with Crippen molar-refractivity contribution in [1.29, 1.82) is 0 Å². The van der Waals surface area contributed by atoms with Crippen molar-refractivity contribution in [2.24, 2.45) is 0 Å². The van der Waals surface area contributed by atoms with Crippen molar-refractivity contribution in [2.75, 3.05) is 0 Å². The molecule has 0 aliphatic heterocycles. The minimum Gasteiger partial charge on any atom is -0.478 e. The van der Waals surface area contributed by atoms with Gasteiger partial charge in [-0.3, -0.25) is 4.57 Å². The highest BCUT2D eigenvalue weighted by molar-refractivity contribution is 5.95. The number of nitrogens with one attached hydrogen (secondary N) is 1. The number of nitrogens with zero attached hydrogens (tertiary/aromatic N) is 1. The van der Waals surface area contributed by atoms with Crippen molar-refractivity contribution >= 4 is 5.97 Å². The first-order chi connectivity index (χ1) is 14.0. The maximum atomic E-state index is 12.4. The lowest BCUT2D eigenvalue weighted by molar-refractivity contribution is 0.0697. The van der Waals surface area contributed by atoms with Crippen molar-refractivity contribution < 1.29 is 9.90 Å². The van der Waals surface area contributed by atoms with Crippen molar-refractivity contribution in [3.63, 3.8) is 0 Å². The van der Waals surface area contributed by atoms with Gasteiger partial charge < -0.3 is 10.1 Å². The van der Waals surface area contributed by atoms with Gasteiger partial charge >= 0.3 is 11.7 Å². The van der Waals surface area contributed by atoms with Crippen molar-refractivity contribution in [1.82, 2.24) is 9.55 Å². The minimum atomic E-state index is -0.929. The summed E-state index contributed by atoms with van der Waals surface area (Å²) in [5.74, 6) is -0.929. The largest absolute Gasteiger partial charge is 0.478 e. The van der Waals surface area contributed by atoms with Gasteiger partial charge in [0.25, 0.3) is 0 Å². The number of imidazole rings is 1. The summed E-state index contributed by atoms with van der Waals surface area (Å²) in [5, 5.41) is 9.43. The summed E-state index contributed by atoms with van der Waals surface area (Å²) in [6.07, 6.45) is 4.52. The predicted octanol–water partition coefficient (Wildman–Crippen LogP) is 4.89. The molecule has 0 amide bonds. The average Bonchev–Trinajstić information content (AvgIpc) is 3.01. The molecule has 1 heterocycles. The summed E-state index contributed by atoms with van der Waals surface area (Å²) in [6.45, 7) is 4.97. The van der Waals surface area contributed by atoms with Gasteiger partial charge in [-0.1, -0.05) is 69.2 Å². The topological polar surface area (TPSA) is 75.1 Å². The van der Waals surface area contributed by atoms with Gasteiger partial charge in [0.15, 0.2) is 0 Å². The fourth-order valence-corrected chi connectivity index (χ4v) is 3.68. The van der Waals surface area contributed by atoms with Crippen LogP contribution in [0.4, 0.5) is 0 Å². The molecule has 2 N–H and O–H groups in total. The molecule has 0 saturated heterocycles. The molecule has 0 unspecified atom stereocenters. The lowest BCUT2D eigenvalue weighted by Gasteiger charge is -2.11. The molecule has 0 saturated carbocycles. The highest BCUT2D eigenvalue weighted by atomic mass is 16.4. The molecule has 2 aromatic carbocycles. The summed E-state index contributed by atoms with van der Waals surface area (Å²) >= 11 is 0. The fourth-order valence-electron chi connectivity index (χ4n) is 3.68. The molecular formula is C24H28N2O3. The summed E-state index contributed by atoms with van der Waals surface area (Å²) in [5.41, 5.74) is 5.03. The quantitative estimate of drug-likeness (QED) is 0.545. The minimum absolute atomic E-state index is 0.0242. The van der Waals surface area contributed by atoms with Crippen LogP contribution in [0, 0.1) is 0 Å². The lowest BCUT2D eigenvalue weighted by atomic mass is 9.97. The van der Waals surface area contributed by atoms with E-state index >= 15 is 0 Å². The van der Waals surface area contributed by atoms with E-state index in [0.29, 0.717) is 17.5 Å². The van der Waals surface area contributed by atoms with E-state index in [1.165, 1.54) is 0 Å². The van der Waals surface area contributed by atoms with Gasteiger partial charge in [0.05, 0.1) is 5.56 Å². The SMILES string of the molecule is CCCCn1c(Cc2ccc(-c3ccccc3C(=O)O)cc2)c(CCC)[nH]c1=O. The number of unbranched alkanes of at least 4 members (excludes halogenated alkanes) is 1. The average molecular weight is 392 g/mol. The molecule has 0 aliphatic carbocycles. The number of carbonyl (C=O) groups is 1. The highest BCUT2D eigenvalue weighted by Crippen LogP contribution is 2.25. The molecule has 5 nitrogen and oxygen atoms in total. The first-order valence-electron chi connectivity index (χ1n) is 10.3. The van der Waals surface area contributed by atoms with Gasteiger partial charge in [0.1, 0.15) is 0 Å². The Morgan fingerprint density at radius 2 is 1.76 bits per heavy atom. The number of rotatable bonds is 9. The number of hydrogen-bond acceptors (Lipinski definition) is 2. The van der Waals surface area contributed by atoms with Crippen LogP contribution in [0.1, 0.15) is 60.4 Å². The van der Waals surface area contributed by atoms with E-state index in [-0.39, 0.29) is 5.69 Å². The lowest BCUT2D eigenvalue weighted by Crippen LogP contribution is -2.19. The number of aromatic nitrogens is 2. The summed E-state index contributed by atoms with van der Waals surface area (Å²) in [6, 6.07) is 15.0. The van der Waals surface area contributed by atoms with Crippen LogP contribution in [0.2, 0.25) is 0 Å². The van der Waals surface area contributed by atoms with E-state index in [1.807, 2.05) is 41.0 Å². The number of aromatic carboxylic acids is 1. The summed E-state index contributed by atoms with van der Waals surface area (Å²) in [4.78, 5) is 27.0. The second kappa shape index (κ2) is 9.41. The van der Waals surface area contributed by atoms with Crippen LogP contribution in [0.5, 0.6) is 0 Å². The Labute approximate surface area is 171 Å². The smallest absolute Gasteiger partial charge is 0.336 e. The van der Waals surface area contributed by atoms with Crippen molar-refractivity contribution in [3.05, 3.63) is 81.5 Å².